The Morgan fingerprint density at radius 1 is 0.944 bits per heavy atom. The Labute approximate surface area is 420 Å². The van der Waals surface area contributed by atoms with Crippen LogP contribution in [0.2, 0.25) is 0 Å². The van der Waals surface area contributed by atoms with Gasteiger partial charge in [-0.25, -0.2) is 28.6 Å². The number of imidazole rings is 1. The normalized spacial score (nSPS) is 25.3. The number of aromatic nitrogens is 4. The highest BCUT2D eigenvalue weighted by molar-refractivity contribution is 8.13. The third kappa shape index (κ3) is 19.7. The molecule has 27 nitrogen and oxygen atoms in total. The molecule has 3 heterocycles. The summed E-state index contributed by atoms with van der Waals surface area (Å²) in [6, 6.07) is 0. The van der Waals surface area contributed by atoms with Crippen molar-refractivity contribution in [3.8, 4) is 0 Å². The minimum atomic E-state index is -5.60. The molecule has 12 atom stereocenters. The Balaban J connectivity index is 1.10. The Hall–Kier alpha value is -2.82. The molecular weight excluding hydrogens is 1040 g/mol. The molecule has 13 N–H and O–H groups in total. The number of hydrogen-bond donors (Lipinski definition) is 12. The monoisotopic (exact) mass is 1110 g/mol. The second kappa shape index (κ2) is 28.4. The van der Waals surface area contributed by atoms with E-state index in [1.54, 1.807) is 0 Å². The lowest BCUT2D eigenvalue weighted by Gasteiger charge is -2.30. The van der Waals surface area contributed by atoms with E-state index in [0.29, 0.717) is 50.7 Å². The molecule has 72 heavy (non-hydrogen) atoms. The number of hydrogen-bond acceptors (Lipinski definition) is 21. The third-order valence-corrected chi connectivity index (χ3v) is 16.1. The molecule has 0 radical (unpaired) electrons. The van der Waals surface area contributed by atoms with Gasteiger partial charge in [0.2, 0.25) is 11.8 Å². The Morgan fingerprint density at radius 2 is 1.65 bits per heavy atom. The predicted octanol–water partition coefficient (Wildman–Crippen LogP) is 1.86. The maximum atomic E-state index is 12.8. The van der Waals surface area contributed by atoms with Gasteiger partial charge in [-0.2, -0.15) is 4.31 Å². The van der Waals surface area contributed by atoms with Gasteiger partial charge in [-0.3, -0.25) is 32.5 Å². The van der Waals surface area contributed by atoms with Crippen molar-refractivity contribution in [2.24, 2.45) is 17.3 Å². The van der Waals surface area contributed by atoms with Crippen molar-refractivity contribution in [1.29, 1.82) is 0 Å². The number of phosphoric ester groups is 3. The van der Waals surface area contributed by atoms with Crippen LogP contribution in [0.25, 0.3) is 11.2 Å². The van der Waals surface area contributed by atoms with Crippen LogP contribution < -0.4 is 16.4 Å². The number of nitrogen functional groups attached to an aromatic ring is 1. The van der Waals surface area contributed by atoms with Gasteiger partial charge in [-0.15, -0.1) is 0 Å². The number of amides is 2. The SMILES string of the molecule is CCCCCC(O)CCC1C(O)CC(O)C1C/C=C/CCCC(=O)SCCNC(=O)CCNC(=O)C(O)C(C)(C)COP(=O)(O)OP(=O)(O)OCC1OC(n2cnc3c(N)ncnc32)C(O)C1OP(=O)(O)O. The first-order chi connectivity index (χ1) is 33.7. The Morgan fingerprint density at radius 3 is 2.36 bits per heavy atom. The van der Waals surface area contributed by atoms with Crippen LogP contribution in [0.5, 0.6) is 0 Å². The zero-order valence-electron chi connectivity index (χ0n) is 40.2. The standard InChI is InChI=1S/C41H70N7O20P3S/c1-4-5-8-11-25(49)14-15-27-26(28(50)20-29(27)51)12-9-6-7-10-13-32(53)72-19-18-43-31(52)16-17-44-39(56)36(55)41(2,3)22-65-71(62,63)68-70(60,61)64-21-30-35(67-69(57,58)59)34(54)40(66-30)48-24-47-33-37(42)45-23-46-38(33)48/h6,9,23-30,34-36,40,49-51,54-55H,4-5,7-8,10-22H2,1-3H3,(H,43,52)(H,44,56)(H,60,61)(H,62,63)(H2,42,45,46)(H2,57,58,59)/b9-6+. The molecule has 12 unspecified atom stereocenters. The maximum Gasteiger partial charge on any atom is 0.481 e. The lowest BCUT2D eigenvalue weighted by molar-refractivity contribution is -0.137. The van der Waals surface area contributed by atoms with Gasteiger partial charge in [0.1, 0.15) is 36.3 Å². The first-order valence-corrected chi connectivity index (χ1v) is 29.0. The third-order valence-electron chi connectivity index (χ3n) is 12.1. The zero-order valence-corrected chi connectivity index (χ0v) is 43.7. The number of anilines is 1. The van der Waals surface area contributed by atoms with Crippen molar-refractivity contribution in [1.82, 2.24) is 30.2 Å². The van der Waals surface area contributed by atoms with Gasteiger partial charge in [-0.1, -0.05) is 63.9 Å². The molecule has 2 amide bonds. The summed E-state index contributed by atoms with van der Waals surface area (Å²) in [5.41, 5.74) is 4.24. The number of aliphatic hydroxyl groups excluding tert-OH is 5. The number of carbonyl (C=O) groups excluding carboxylic acids is 3. The number of aliphatic hydroxyl groups is 5. The van der Waals surface area contributed by atoms with Gasteiger partial charge in [0.25, 0.3) is 0 Å². The molecule has 31 heteroatoms. The number of nitrogens with two attached hydrogens (primary N) is 1. The van der Waals surface area contributed by atoms with Crippen molar-refractivity contribution in [2.75, 3.05) is 37.8 Å². The summed E-state index contributed by atoms with van der Waals surface area (Å²) < 4.78 is 62.5. The van der Waals surface area contributed by atoms with Gasteiger partial charge < -0.3 is 66.2 Å². The number of phosphoric acid groups is 3. The highest BCUT2D eigenvalue weighted by Crippen LogP contribution is 2.61. The van der Waals surface area contributed by atoms with E-state index in [2.05, 4.69) is 41.3 Å². The fourth-order valence-electron chi connectivity index (χ4n) is 8.17. The van der Waals surface area contributed by atoms with Crippen molar-refractivity contribution in [2.45, 2.75) is 147 Å². The molecule has 0 bridgehead atoms. The first kappa shape index (κ1) is 61.7. The van der Waals surface area contributed by atoms with Crippen LogP contribution in [0.1, 0.15) is 104 Å². The molecule has 2 aromatic rings. The van der Waals surface area contributed by atoms with Crippen molar-refractivity contribution < 1.29 is 95.8 Å². The highest BCUT2D eigenvalue weighted by atomic mass is 32.2. The molecule has 410 valence electrons. The van der Waals surface area contributed by atoms with E-state index in [4.69, 9.17) is 19.5 Å². The van der Waals surface area contributed by atoms with E-state index in [9.17, 15) is 73.2 Å². The van der Waals surface area contributed by atoms with Crippen LogP contribution in [-0.2, 0) is 50.7 Å². The lowest BCUT2D eigenvalue weighted by atomic mass is 9.85. The number of rotatable bonds is 32. The van der Waals surface area contributed by atoms with Crippen molar-refractivity contribution in [3.63, 3.8) is 0 Å². The predicted molar refractivity (Wildman–Crippen MR) is 258 cm³/mol. The number of ether oxygens (including phenoxy) is 1. The summed E-state index contributed by atoms with van der Waals surface area (Å²) in [6.45, 7) is 2.49. The summed E-state index contributed by atoms with van der Waals surface area (Å²) in [5, 5.41) is 57.9. The van der Waals surface area contributed by atoms with Gasteiger partial charge in [0, 0.05) is 37.1 Å². The van der Waals surface area contributed by atoms with E-state index in [-0.39, 0.29) is 53.4 Å². The van der Waals surface area contributed by atoms with Gasteiger partial charge in [-0.05, 0) is 56.8 Å². The van der Waals surface area contributed by atoms with Gasteiger partial charge in [0.15, 0.2) is 22.8 Å². The van der Waals surface area contributed by atoms with E-state index in [0.717, 1.165) is 54.7 Å². The van der Waals surface area contributed by atoms with E-state index in [1.165, 1.54) is 13.8 Å². The molecule has 1 saturated heterocycles. The summed E-state index contributed by atoms with van der Waals surface area (Å²) in [6.07, 6.45) is 2.89. The molecule has 1 aliphatic carbocycles. The van der Waals surface area contributed by atoms with Crippen LogP contribution in [-0.4, -0.2) is 156 Å². The molecule has 4 rings (SSSR count). The Bertz CT molecular complexity index is 2260. The fraction of sp³-hybridized carbons (Fsp3) is 0.756. The summed E-state index contributed by atoms with van der Waals surface area (Å²) in [5.74, 6) is -1.37. The number of nitrogens with one attached hydrogen (secondary N) is 2. The highest BCUT2D eigenvalue weighted by Gasteiger charge is 2.50. The quantitative estimate of drug-likeness (QED) is 0.0282. The zero-order chi connectivity index (χ0) is 53.4. The number of allylic oxidation sites excluding steroid dienone is 2. The minimum absolute atomic E-state index is 0.0228. The van der Waals surface area contributed by atoms with Crippen molar-refractivity contribution in [3.05, 3.63) is 24.8 Å². The molecule has 1 aliphatic heterocycles. The molecule has 2 fully saturated rings. The smallest absolute Gasteiger partial charge is 0.393 e. The first-order valence-electron chi connectivity index (χ1n) is 23.5. The summed E-state index contributed by atoms with van der Waals surface area (Å²) in [7, 11) is -16.5. The van der Waals surface area contributed by atoms with E-state index < -0.39 is 103 Å². The van der Waals surface area contributed by atoms with Crippen LogP contribution in [0.3, 0.4) is 0 Å². The number of carbonyl (C=O) groups is 3. The number of unbranched alkanes of at least 4 members (excludes halogenated alkanes) is 3. The average Bonchev–Trinajstić information content (AvgIpc) is 3.94. The van der Waals surface area contributed by atoms with E-state index in [1.807, 2.05) is 12.2 Å². The average molecular weight is 1110 g/mol. The summed E-state index contributed by atoms with van der Waals surface area (Å²) >= 11 is 1.06. The number of thioether (sulfide) groups is 1. The minimum Gasteiger partial charge on any atom is -0.393 e. The molecule has 2 aromatic heterocycles. The van der Waals surface area contributed by atoms with Crippen LogP contribution in [0, 0.1) is 17.3 Å². The second-order valence-electron chi connectivity index (χ2n) is 18.3. The molecule has 0 spiro atoms. The lowest BCUT2D eigenvalue weighted by Crippen LogP contribution is -2.46. The van der Waals surface area contributed by atoms with E-state index >= 15 is 0 Å². The van der Waals surface area contributed by atoms with Crippen LogP contribution >= 0.6 is 35.2 Å². The molecular formula is C41H70N7O20P3S. The molecule has 1 saturated carbocycles. The van der Waals surface area contributed by atoms with Crippen molar-refractivity contribution >= 4 is 69.1 Å². The largest absolute Gasteiger partial charge is 0.481 e. The van der Waals surface area contributed by atoms with Gasteiger partial charge >= 0.3 is 23.5 Å². The Kier molecular flexibility index (Phi) is 24.3. The molecule has 0 aromatic carbocycles. The maximum absolute atomic E-state index is 12.8. The van der Waals surface area contributed by atoms with Gasteiger partial charge in [0.05, 0.1) is 37.9 Å². The summed E-state index contributed by atoms with van der Waals surface area (Å²) in [4.78, 5) is 88.6. The number of nitrogens with zero attached hydrogens (tertiary/aromatic N) is 4. The number of fused-ring (bicyclic) bond motifs is 1. The topological polar surface area (TPSA) is 424 Å². The molecule has 2 aliphatic rings. The fourth-order valence-corrected chi connectivity index (χ4v) is 11.7. The van der Waals surface area contributed by atoms with Crippen LogP contribution in [0.15, 0.2) is 24.8 Å². The second-order valence-corrected chi connectivity index (χ2v) is 23.7. The van der Waals surface area contributed by atoms with Crippen LogP contribution in [0.4, 0.5) is 5.82 Å².